The van der Waals surface area contributed by atoms with Crippen LogP contribution in [0.4, 0.5) is 4.39 Å². The Kier molecular flexibility index (Phi) is 4.23. The van der Waals surface area contributed by atoms with Gasteiger partial charge in [-0.2, -0.15) is 0 Å². The number of hydrogen-bond donors (Lipinski definition) is 2. The molecule has 1 unspecified atom stereocenters. The average Bonchev–Trinajstić information content (AvgIpc) is 2.97. The Hall–Kier alpha value is -2.31. The van der Waals surface area contributed by atoms with Gasteiger partial charge in [0.25, 0.3) is 0 Å². The van der Waals surface area contributed by atoms with Gasteiger partial charge in [0.05, 0.1) is 5.52 Å². The lowest BCUT2D eigenvalue weighted by molar-refractivity contribution is 0.0132. The second kappa shape index (κ2) is 6.54. The number of benzene rings is 1. The van der Waals surface area contributed by atoms with E-state index in [9.17, 15) is 9.50 Å². The third-order valence-electron chi connectivity index (χ3n) is 4.92. The molecule has 3 aromatic rings. The number of H-pyrrole nitrogens is 1. The molecular weight excluding hydrogens is 319 g/mol. The number of imidazole rings is 1. The summed E-state index contributed by atoms with van der Waals surface area (Å²) < 4.78 is 13.0. The van der Waals surface area contributed by atoms with Crippen LogP contribution in [0, 0.1) is 5.82 Å². The van der Waals surface area contributed by atoms with E-state index in [4.69, 9.17) is 0 Å². The lowest BCUT2D eigenvalue weighted by Crippen LogP contribution is -2.30. The first-order valence-electron chi connectivity index (χ1n) is 8.63. The molecule has 1 atom stereocenters. The Balaban J connectivity index is 1.48. The summed E-state index contributed by atoms with van der Waals surface area (Å²) >= 11 is 0. The molecule has 1 saturated heterocycles. The first-order chi connectivity index (χ1) is 12.1. The minimum Gasteiger partial charge on any atom is -0.382 e. The first kappa shape index (κ1) is 16.2. The Labute approximate surface area is 145 Å². The largest absolute Gasteiger partial charge is 0.382 e. The molecule has 4 rings (SSSR count). The number of nitrogens with one attached hydrogen (secondary N) is 1. The van der Waals surface area contributed by atoms with Crippen LogP contribution in [0.15, 0.2) is 42.6 Å². The highest BCUT2D eigenvalue weighted by molar-refractivity contribution is 5.70. The zero-order valence-corrected chi connectivity index (χ0v) is 14.0. The van der Waals surface area contributed by atoms with Gasteiger partial charge in [0, 0.05) is 19.3 Å². The molecule has 0 bridgehead atoms. The van der Waals surface area contributed by atoms with Crippen LogP contribution in [0.5, 0.6) is 0 Å². The van der Waals surface area contributed by atoms with Crippen LogP contribution in [-0.2, 0) is 12.1 Å². The van der Waals surface area contributed by atoms with E-state index >= 15 is 0 Å². The van der Waals surface area contributed by atoms with Crippen molar-refractivity contribution in [3.05, 3.63) is 59.8 Å². The summed E-state index contributed by atoms with van der Waals surface area (Å²) in [4.78, 5) is 14.2. The van der Waals surface area contributed by atoms with Gasteiger partial charge >= 0.3 is 0 Å². The summed E-state index contributed by atoms with van der Waals surface area (Å²) in [7, 11) is 0. The van der Waals surface area contributed by atoms with Crippen molar-refractivity contribution in [2.45, 2.75) is 31.4 Å². The maximum absolute atomic E-state index is 13.0. The Morgan fingerprint density at radius 3 is 2.80 bits per heavy atom. The molecule has 3 heterocycles. The maximum atomic E-state index is 13.0. The van der Waals surface area contributed by atoms with Gasteiger partial charge in [-0.05, 0) is 55.6 Å². The molecule has 1 aromatic carbocycles. The minimum atomic E-state index is -0.960. The Morgan fingerprint density at radius 1 is 1.16 bits per heavy atom. The van der Waals surface area contributed by atoms with Crippen molar-refractivity contribution in [2.24, 2.45) is 0 Å². The number of likely N-dealkylation sites (tertiary alicyclic amines) is 1. The SMILES string of the molecule is OC1(c2nc3ncccc3[nH]2)CCCN(Cc2ccc(F)cc2)CC1. The van der Waals surface area contributed by atoms with E-state index in [1.54, 1.807) is 6.20 Å². The molecule has 0 radical (unpaired) electrons. The topological polar surface area (TPSA) is 65.0 Å². The zero-order chi connectivity index (χ0) is 17.3. The highest BCUT2D eigenvalue weighted by Gasteiger charge is 2.35. The van der Waals surface area contributed by atoms with Crippen molar-refractivity contribution < 1.29 is 9.50 Å². The summed E-state index contributed by atoms with van der Waals surface area (Å²) in [5.74, 6) is 0.386. The van der Waals surface area contributed by atoms with Crippen LogP contribution in [-0.4, -0.2) is 38.0 Å². The Morgan fingerprint density at radius 2 is 2.00 bits per heavy atom. The minimum absolute atomic E-state index is 0.215. The van der Waals surface area contributed by atoms with E-state index in [1.807, 2.05) is 24.3 Å². The number of aliphatic hydroxyl groups is 1. The number of nitrogens with zero attached hydrogens (tertiary/aromatic N) is 3. The fraction of sp³-hybridized carbons (Fsp3) is 0.368. The van der Waals surface area contributed by atoms with Gasteiger partial charge in [-0.1, -0.05) is 12.1 Å². The van der Waals surface area contributed by atoms with Crippen molar-refractivity contribution in [3.63, 3.8) is 0 Å². The maximum Gasteiger partial charge on any atom is 0.177 e. The van der Waals surface area contributed by atoms with Gasteiger partial charge in [0.2, 0.25) is 0 Å². The molecule has 1 aliphatic rings. The summed E-state index contributed by atoms with van der Waals surface area (Å²) in [5, 5.41) is 11.1. The van der Waals surface area contributed by atoms with E-state index in [0.29, 0.717) is 24.3 Å². The summed E-state index contributed by atoms with van der Waals surface area (Å²) in [6.45, 7) is 2.43. The number of rotatable bonds is 3. The molecule has 2 N–H and O–H groups in total. The highest BCUT2D eigenvalue weighted by Crippen LogP contribution is 2.32. The molecule has 0 aliphatic carbocycles. The molecule has 0 spiro atoms. The second-order valence-electron chi connectivity index (χ2n) is 6.75. The lowest BCUT2D eigenvalue weighted by atomic mass is 9.94. The molecule has 5 nitrogen and oxygen atoms in total. The molecule has 1 aliphatic heterocycles. The number of aromatic nitrogens is 3. The van der Waals surface area contributed by atoms with Crippen LogP contribution in [0.2, 0.25) is 0 Å². The third-order valence-corrected chi connectivity index (χ3v) is 4.92. The van der Waals surface area contributed by atoms with Crippen molar-refractivity contribution in [3.8, 4) is 0 Å². The summed E-state index contributed by atoms with van der Waals surface area (Å²) in [6.07, 6.45) is 3.84. The number of fused-ring (bicyclic) bond motifs is 1. The molecule has 0 saturated carbocycles. The van der Waals surface area contributed by atoms with E-state index in [2.05, 4.69) is 19.9 Å². The van der Waals surface area contributed by atoms with Crippen LogP contribution < -0.4 is 0 Å². The van der Waals surface area contributed by atoms with E-state index < -0.39 is 5.60 Å². The predicted molar refractivity (Wildman–Crippen MR) is 93.3 cm³/mol. The number of pyridine rings is 1. The van der Waals surface area contributed by atoms with Crippen LogP contribution in [0.25, 0.3) is 11.2 Å². The monoisotopic (exact) mass is 340 g/mol. The lowest BCUT2D eigenvalue weighted by Gasteiger charge is -2.24. The molecule has 6 heteroatoms. The molecule has 25 heavy (non-hydrogen) atoms. The fourth-order valence-electron chi connectivity index (χ4n) is 3.48. The number of aromatic amines is 1. The quantitative estimate of drug-likeness (QED) is 0.769. The fourth-order valence-corrected chi connectivity index (χ4v) is 3.48. The summed E-state index contributed by atoms with van der Waals surface area (Å²) in [5.41, 5.74) is 1.61. The molecule has 2 aromatic heterocycles. The van der Waals surface area contributed by atoms with Gasteiger partial charge in [-0.25, -0.2) is 14.4 Å². The van der Waals surface area contributed by atoms with Crippen molar-refractivity contribution in [1.82, 2.24) is 19.9 Å². The molecule has 1 fully saturated rings. The summed E-state index contributed by atoms with van der Waals surface area (Å²) in [6, 6.07) is 10.4. The normalized spacial score (nSPS) is 22.2. The smallest absolute Gasteiger partial charge is 0.177 e. The van der Waals surface area contributed by atoms with E-state index in [1.165, 1.54) is 12.1 Å². The van der Waals surface area contributed by atoms with Gasteiger partial charge in [-0.15, -0.1) is 0 Å². The van der Waals surface area contributed by atoms with Gasteiger partial charge in [0.15, 0.2) is 5.65 Å². The average molecular weight is 340 g/mol. The number of hydrogen-bond acceptors (Lipinski definition) is 4. The zero-order valence-electron chi connectivity index (χ0n) is 14.0. The van der Waals surface area contributed by atoms with E-state index in [0.717, 1.165) is 37.1 Å². The highest BCUT2D eigenvalue weighted by atomic mass is 19.1. The van der Waals surface area contributed by atoms with Crippen molar-refractivity contribution >= 4 is 11.2 Å². The molecule has 0 amide bonds. The van der Waals surface area contributed by atoms with Crippen LogP contribution >= 0.6 is 0 Å². The number of halogens is 1. The van der Waals surface area contributed by atoms with Crippen LogP contribution in [0.1, 0.15) is 30.7 Å². The van der Waals surface area contributed by atoms with Crippen molar-refractivity contribution in [2.75, 3.05) is 13.1 Å². The van der Waals surface area contributed by atoms with Crippen LogP contribution in [0.3, 0.4) is 0 Å². The van der Waals surface area contributed by atoms with E-state index in [-0.39, 0.29) is 5.82 Å². The Bertz CT molecular complexity index is 830. The van der Waals surface area contributed by atoms with Crippen molar-refractivity contribution in [1.29, 1.82) is 0 Å². The molecular formula is C19H21FN4O. The standard InChI is InChI=1S/C19H21FN4O/c20-15-6-4-14(5-7-15)13-24-11-2-8-19(25,9-12-24)18-22-16-3-1-10-21-17(16)23-18/h1,3-7,10,25H,2,8-9,11-13H2,(H,21,22,23). The van der Waals surface area contributed by atoms with Gasteiger partial charge in [0.1, 0.15) is 17.2 Å². The molecule has 130 valence electrons. The first-order valence-corrected chi connectivity index (χ1v) is 8.63. The van der Waals surface area contributed by atoms with Gasteiger partial charge < -0.3 is 10.1 Å². The van der Waals surface area contributed by atoms with Gasteiger partial charge in [-0.3, -0.25) is 4.90 Å². The predicted octanol–water partition coefficient (Wildman–Crippen LogP) is 2.97. The third kappa shape index (κ3) is 3.41. The second-order valence-corrected chi connectivity index (χ2v) is 6.75.